The highest BCUT2D eigenvalue weighted by Crippen LogP contribution is 2.30. The third-order valence-electron chi connectivity index (χ3n) is 5.30. The van der Waals surface area contributed by atoms with Gasteiger partial charge in [-0.2, -0.15) is 10.1 Å². The molecule has 0 spiro atoms. The highest BCUT2D eigenvalue weighted by molar-refractivity contribution is 5.96. The van der Waals surface area contributed by atoms with Crippen molar-refractivity contribution in [3.05, 3.63) is 70.6 Å². The lowest BCUT2D eigenvalue weighted by atomic mass is 10.0. The number of carbonyl (C=O) groups is 1. The van der Waals surface area contributed by atoms with Gasteiger partial charge in [0.1, 0.15) is 5.39 Å². The fourth-order valence-corrected chi connectivity index (χ4v) is 3.86. The fourth-order valence-electron chi connectivity index (χ4n) is 3.86. The number of nitrogens with zero attached hydrogens (tertiary/aromatic N) is 4. The number of carbonyl (C=O) groups excluding carboxylic acids is 1. The summed E-state index contributed by atoms with van der Waals surface area (Å²) < 4.78 is 1.65. The molecule has 8 heteroatoms. The summed E-state index contributed by atoms with van der Waals surface area (Å²) in [7, 11) is 0. The monoisotopic (exact) mass is 400 g/mol. The molecular formula is C22H20N6O2. The van der Waals surface area contributed by atoms with Gasteiger partial charge in [-0.3, -0.25) is 14.6 Å². The third kappa shape index (κ3) is 3.02. The molecule has 2 aromatic carbocycles. The second kappa shape index (κ2) is 7.14. The minimum absolute atomic E-state index is 0.149. The molecular weight excluding hydrogens is 380 g/mol. The minimum Gasteiger partial charge on any atom is -0.326 e. The van der Waals surface area contributed by atoms with Gasteiger partial charge in [-0.1, -0.05) is 18.2 Å². The van der Waals surface area contributed by atoms with E-state index in [-0.39, 0.29) is 11.5 Å². The Morgan fingerprint density at radius 1 is 1.10 bits per heavy atom. The van der Waals surface area contributed by atoms with E-state index in [1.165, 1.54) is 6.20 Å². The maximum Gasteiger partial charge on any atom is 0.263 e. The molecule has 0 aliphatic carbocycles. The van der Waals surface area contributed by atoms with E-state index < -0.39 is 0 Å². The molecule has 0 radical (unpaired) electrons. The fraction of sp³-hybridized carbons (Fsp3) is 0.182. The Hall–Kier alpha value is -3.94. The molecule has 0 atom stereocenters. The van der Waals surface area contributed by atoms with Crippen LogP contribution in [0.25, 0.3) is 16.7 Å². The van der Waals surface area contributed by atoms with Crippen LogP contribution >= 0.6 is 0 Å². The molecule has 1 aliphatic rings. The zero-order valence-electron chi connectivity index (χ0n) is 16.4. The number of hydrogen-bond donors (Lipinski definition) is 2. The zero-order chi connectivity index (χ0) is 20.7. The highest BCUT2D eigenvalue weighted by Gasteiger charge is 2.23. The van der Waals surface area contributed by atoms with E-state index in [9.17, 15) is 9.59 Å². The predicted molar refractivity (Wildman–Crippen MR) is 116 cm³/mol. The van der Waals surface area contributed by atoms with Crippen LogP contribution in [0.2, 0.25) is 0 Å². The van der Waals surface area contributed by atoms with Gasteiger partial charge in [0.2, 0.25) is 11.9 Å². The third-order valence-corrected chi connectivity index (χ3v) is 5.30. The van der Waals surface area contributed by atoms with Gasteiger partial charge < -0.3 is 10.2 Å². The Morgan fingerprint density at radius 3 is 2.73 bits per heavy atom. The van der Waals surface area contributed by atoms with Crippen LogP contribution in [0, 0.1) is 0 Å². The SMILES string of the molecule is CCN1C(=O)CCc2cc(Nc3nc4c(cnn4-c4ccccc4)c(=O)[nH]3)ccc21. The largest absolute Gasteiger partial charge is 0.326 e. The number of anilines is 3. The quantitative estimate of drug-likeness (QED) is 0.549. The summed E-state index contributed by atoms with van der Waals surface area (Å²) in [5.41, 5.74) is 3.89. The topological polar surface area (TPSA) is 95.9 Å². The minimum atomic E-state index is -0.259. The van der Waals surface area contributed by atoms with E-state index >= 15 is 0 Å². The van der Waals surface area contributed by atoms with Crippen LogP contribution in [-0.2, 0) is 11.2 Å². The van der Waals surface area contributed by atoms with Crippen LogP contribution in [0.1, 0.15) is 18.9 Å². The van der Waals surface area contributed by atoms with Crippen molar-refractivity contribution in [2.24, 2.45) is 0 Å². The van der Waals surface area contributed by atoms with Crippen molar-refractivity contribution < 1.29 is 4.79 Å². The highest BCUT2D eigenvalue weighted by atomic mass is 16.2. The van der Waals surface area contributed by atoms with Crippen LogP contribution in [-0.4, -0.2) is 32.2 Å². The molecule has 5 rings (SSSR count). The molecule has 2 aromatic heterocycles. The molecule has 2 N–H and O–H groups in total. The average molecular weight is 400 g/mol. The van der Waals surface area contributed by atoms with Crippen molar-refractivity contribution in [1.82, 2.24) is 19.7 Å². The summed E-state index contributed by atoms with van der Waals surface area (Å²) in [6.07, 6.45) is 2.72. The number of aromatic nitrogens is 4. The summed E-state index contributed by atoms with van der Waals surface area (Å²) in [5, 5.41) is 7.94. The standard InChI is InChI=1S/C22H20N6O2/c1-2-27-18-10-9-15(12-14(18)8-11-19(27)29)24-22-25-20-17(21(30)26-22)13-23-28(20)16-6-4-3-5-7-16/h3-7,9-10,12-13H,2,8,11H2,1H3,(H2,24,25,26,30). The van der Waals surface area contributed by atoms with E-state index in [4.69, 9.17) is 0 Å². The van der Waals surface area contributed by atoms with Gasteiger partial charge in [0.25, 0.3) is 5.56 Å². The van der Waals surface area contributed by atoms with Gasteiger partial charge in [0.15, 0.2) is 5.65 Å². The first-order chi connectivity index (χ1) is 14.6. The number of benzene rings is 2. The first kappa shape index (κ1) is 18.1. The molecule has 30 heavy (non-hydrogen) atoms. The number of amides is 1. The van der Waals surface area contributed by atoms with Gasteiger partial charge in [-0.05, 0) is 49.2 Å². The number of aromatic amines is 1. The van der Waals surface area contributed by atoms with E-state index in [1.54, 1.807) is 9.58 Å². The number of hydrogen-bond acceptors (Lipinski definition) is 5. The van der Waals surface area contributed by atoms with E-state index in [2.05, 4.69) is 20.4 Å². The molecule has 0 bridgehead atoms. The molecule has 150 valence electrons. The lowest BCUT2D eigenvalue weighted by molar-refractivity contribution is -0.118. The smallest absolute Gasteiger partial charge is 0.263 e. The van der Waals surface area contributed by atoms with Crippen LogP contribution in [0.5, 0.6) is 0 Å². The summed E-state index contributed by atoms with van der Waals surface area (Å²) in [5.74, 6) is 0.487. The summed E-state index contributed by atoms with van der Waals surface area (Å²) >= 11 is 0. The van der Waals surface area contributed by atoms with Gasteiger partial charge in [-0.25, -0.2) is 4.68 Å². The Morgan fingerprint density at radius 2 is 1.93 bits per heavy atom. The summed E-state index contributed by atoms with van der Waals surface area (Å²) in [6, 6.07) is 15.4. The van der Waals surface area contributed by atoms with Crippen molar-refractivity contribution in [1.29, 1.82) is 0 Å². The molecule has 0 saturated carbocycles. The van der Waals surface area contributed by atoms with Crippen LogP contribution in [0.3, 0.4) is 0 Å². The lowest BCUT2D eigenvalue weighted by Gasteiger charge is -2.28. The lowest BCUT2D eigenvalue weighted by Crippen LogP contribution is -2.34. The summed E-state index contributed by atoms with van der Waals surface area (Å²) in [6.45, 7) is 2.62. The number of aryl methyl sites for hydroxylation is 1. The number of H-pyrrole nitrogens is 1. The van der Waals surface area contributed by atoms with E-state index in [0.29, 0.717) is 36.4 Å². The molecule has 1 amide bonds. The Kier molecular flexibility index (Phi) is 4.31. The molecule has 0 saturated heterocycles. The van der Waals surface area contributed by atoms with Crippen LogP contribution in [0.4, 0.5) is 17.3 Å². The number of nitrogens with one attached hydrogen (secondary N) is 2. The first-order valence-electron chi connectivity index (χ1n) is 9.88. The second-order valence-electron chi connectivity index (χ2n) is 7.15. The molecule has 0 unspecified atom stereocenters. The number of fused-ring (bicyclic) bond motifs is 2. The van der Waals surface area contributed by atoms with Crippen molar-refractivity contribution in [2.75, 3.05) is 16.8 Å². The van der Waals surface area contributed by atoms with Crippen LogP contribution < -0.4 is 15.8 Å². The van der Waals surface area contributed by atoms with Crippen molar-refractivity contribution in [2.45, 2.75) is 19.8 Å². The normalized spacial score (nSPS) is 13.5. The van der Waals surface area contributed by atoms with Crippen molar-refractivity contribution >= 4 is 34.3 Å². The first-order valence-corrected chi connectivity index (χ1v) is 9.88. The van der Waals surface area contributed by atoms with E-state index in [0.717, 1.165) is 22.6 Å². The Bertz CT molecular complexity index is 1310. The average Bonchev–Trinajstić information content (AvgIpc) is 3.19. The predicted octanol–water partition coefficient (Wildman–Crippen LogP) is 3.15. The molecule has 4 aromatic rings. The van der Waals surface area contributed by atoms with Gasteiger partial charge in [-0.15, -0.1) is 0 Å². The number of para-hydroxylation sites is 1. The second-order valence-corrected chi connectivity index (χ2v) is 7.15. The molecule has 3 heterocycles. The number of rotatable bonds is 4. The van der Waals surface area contributed by atoms with Gasteiger partial charge in [0, 0.05) is 24.3 Å². The maximum atomic E-state index is 12.6. The zero-order valence-corrected chi connectivity index (χ0v) is 16.4. The van der Waals surface area contributed by atoms with Crippen molar-refractivity contribution in [3.8, 4) is 5.69 Å². The van der Waals surface area contributed by atoms with Gasteiger partial charge >= 0.3 is 0 Å². The van der Waals surface area contributed by atoms with Crippen molar-refractivity contribution in [3.63, 3.8) is 0 Å². The van der Waals surface area contributed by atoms with Crippen LogP contribution in [0.15, 0.2) is 59.5 Å². The molecule has 8 nitrogen and oxygen atoms in total. The Balaban J connectivity index is 1.52. The van der Waals surface area contributed by atoms with E-state index in [1.807, 2.05) is 55.5 Å². The maximum absolute atomic E-state index is 12.6. The Labute approximate surface area is 172 Å². The summed E-state index contributed by atoms with van der Waals surface area (Å²) in [4.78, 5) is 33.8. The molecule has 1 aliphatic heterocycles. The van der Waals surface area contributed by atoms with Gasteiger partial charge in [0.05, 0.1) is 11.9 Å². The molecule has 0 fully saturated rings.